The molecule has 0 amide bonds. The molecule has 0 saturated heterocycles. The molecule has 0 fully saturated rings. The summed E-state index contributed by atoms with van der Waals surface area (Å²) < 4.78 is 17.4. The fraction of sp³-hybridized carbons (Fsp3) is 0.579. The van der Waals surface area contributed by atoms with Crippen LogP contribution in [0.2, 0.25) is 0 Å². The summed E-state index contributed by atoms with van der Waals surface area (Å²) in [6.07, 6.45) is 8.36. The number of rotatable bonds is 10. The zero-order valence-electron chi connectivity index (χ0n) is 14.3. The van der Waals surface area contributed by atoms with Gasteiger partial charge < -0.3 is 14.2 Å². The van der Waals surface area contributed by atoms with Gasteiger partial charge in [0, 0.05) is 12.0 Å². The van der Waals surface area contributed by atoms with E-state index in [1.165, 1.54) is 0 Å². The second-order valence-corrected chi connectivity index (χ2v) is 5.00. The van der Waals surface area contributed by atoms with Crippen LogP contribution in [-0.2, 0) is 0 Å². The molecule has 3 nitrogen and oxygen atoms in total. The lowest BCUT2D eigenvalue weighted by Gasteiger charge is -2.22. The molecule has 1 rings (SSSR count). The fourth-order valence-electron chi connectivity index (χ4n) is 2.58. The van der Waals surface area contributed by atoms with Gasteiger partial charge >= 0.3 is 0 Å². The minimum Gasteiger partial charge on any atom is -0.490 e. The molecule has 1 atom stereocenters. The lowest BCUT2D eigenvalue weighted by molar-refractivity contribution is 0.258. The van der Waals surface area contributed by atoms with E-state index in [1.807, 2.05) is 26.8 Å². The van der Waals surface area contributed by atoms with Gasteiger partial charge in [0.15, 0.2) is 11.5 Å². The molecule has 0 saturated carbocycles. The topological polar surface area (TPSA) is 27.7 Å². The second-order valence-electron chi connectivity index (χ2n) is 5.00. The number of ether oxygens (including phenoxy) is 3. The predicted molar refractivity (Wildman–Crippen MR) is 91.0 cm³/mol. The van der Waals surface area contributed by atoms with E-state index in [9.17, 15) is 0 Å². The highest BCUT2D eigenvalue weighted by atomic mass is 16.5. The molecule has 1 aromatic carbocycles. The zero-order valence-corrected chi connectivity index (χ0v) is 14.3. The lowest BCUT2D eigenvalue weighted by atomic mass is 9.90. The van der Waals surface area contributed by atoms with E-state index in [0.29, 0.717) is 32.0 Å². The van der Waals surface area contributed by atoms with Gasteiger partial charge in [0.1, 0.15) is 0 Å². The van der Waals surface area contributed by atoms with Crippen LogP contribution in [0.4, 0.5) is 0 Å². The van der Waals surface area contributed by atoms with Crippen molar-refractivity contribution >= 4 is 0 Å². The van der Waals surface area contributed by atoms with E-state index in [4.69, 9.17) is 20.6 Å². The lowest BCUT2D eigenvalue weighted by Crippen LogP contribution is -2.07. The molecule has 0 N–H and O–H groups in total. The predicted octanol–water partition coefficient (Wildman–Crippen LogP) is 4.79. The van der Waals surface area contributed by atoms with Crippen LogP contribution in [0.15, 0.2) is 12.1 Å². The Balaban J connectivity index is 3.36. The Morgan fingerprint density at radius 1 is 0.955 bits per heavy atom. The molecule has 0 aliphatic carbocycles. The second kappa shape index (κ2) is 10.00. The van der Waals surface area contributed by atoms with Crippen molar-refractivity contribution in [2.75, 3.05) is 19.8 Å². The third kappa shape index (κ3) is 4.59. The van der Waals surface area contributed by atoms with Gasteiger partial charge in [-0.1, -0.05) is 19.4 Å². The Hall–Kier alpha value is -1.82. The Morgan fingerprint density at radius 2 is 1.59 bits per heavy atom. The van der Waals surface area contributed by atoms with Crippen molar-refractivity contribution in [3.8, 4) is 29.6 Å². The first kappa shape index (κ1) is 18.2. The van der Waals surface area contributed by atoms with Crippen molar-refractivity contribution in [3.63, 3.8) is 0 Å². The van der Waals surface area contributed by atoms with Crippen LogP contribution in [-0.4, -0.2) is 19.8 Å². The molecule has 1 unspecified atom stereocenters. The summed E-state index contributed by atoms with van der Waals surface area (Å²) in [5, 5.41) is 0. The van der Waals surface area contributed by atoms with E-state index in [2.05, 4.69) is 18.9 Å². The highest BCUT2D eigenvalue weighted by Gasteiger charge is 2.22. The van der Waals surface area contributed by atoms with Crippen LogP contribution in [0, 0.1) is 12.3 Å². The first-order valence-corrected chi connectivity index (χ1v) is 8.21. The van der Waals surface area contributed by atoms with Crippen molar-refractivity contribution in [3.05, 3.63) is 17.7 Å². The molecule has 0 spiro atoms. The maximum absolute atomic E-state index is 5.91. The Bertz CT molecular complexity index is 488. The highest BCUT2D eigenvalue weighted by molar-refractivity contribution is 5.57. The zero-order chi connectivity index (χ0) is 16.4. The van der Waals surface area contributed by atoms with E-state index < -0.39 is 0 Å². The van der Waals surface area contributed by atoms with Crippen molar-refractivity contribution < 1.29 is 14.2 Å². The molecule has 0 heterocycles. The van der Waals surface area contributed by atoms with Crippen molar-refractivity contribution in [2.45, 2.75) is 52.9 Å². The number of terminal acetylenes is 1. The largest absolute Gasteiger partial charge is 0.490 e. The molecule has 0 radical (unpaired) electrons. The highest BCUT2D eigenvalue weighted by Crippen LogP contribution is 2.44. The maximum atomic E-state index is 5.91. The summed E-state index contributed by atoms with van der Waals surface area (Å²) in [5.74, 6) is 5.27. The fourth-order valence-corrected chi connectivity index (χ4v) is 2.58. The molecule has 3 heteroatoms. The molecule has 22 heavy (non-hydrogen) atoms. The van der Waals surface area contributed by atoms with E-state index >= 15 is 0 Å². The van der Waals surface area contributed by atoms with E-state index in [0.717, 1.165) is 29.9 Å². The minimum atomic E-state index is 0.284. The molecule has 122 valence electrons. The SMILES string of the molecule is C#CCC(CCC)c1ccc(OCC)c(OCC)c1OCC. The summed E-state index contributed by atoms with van der Waals surface area (Å²) >= 11 is 0. The molecule has 0 bridgehead atoms. The van der Waals surface area contributed by atoms with E-state index in [1.54, 1.807) is 0 Å². The van der Waals surface area contributed by atoms with Crippen LogP contribution in [0.25, 0.3) is 0 Å². The summed E-state index contributed by atoms with van der Waals surface area (Å²) in [5.41, 5.74) is 1.12. The third-order valence-corrected chi connectivity index (χ3v) is 3.42. The molecular formula is C19H28O3. The van der Waals surface area contributed by atoms with Crippen molar-refractivity contribution in [2.24, 2.45) is 0 Å². The van der Waals surface area contributed by atoms with Crippen LogP contribution >= 0.6 is 0 Å². The van der Waals surface area contributed by atoms with Crippen LogP contribution in [0.3, 0.4) is 0 Å². The normalized spacial score (nSPS) is 11.6. The van der Waals surface area contributed by atoms with Gasteiger partial charge in [-0.2, -0.15) is 0 Å². The number of hydrogen-bond donors (Lipinski definition) is 0. The van der Waals surface area contributed by atoms with E-state index in [-0.39, 0.29) is 5.92 Å². The monoisotopic (exact) mass is 304 g/mol. The van der Waals surface area contributed by atoms with Crippen LogP contribution < -0.4 is 14.2 Å². The standard InChI is InChI=1S/C19H28O3/c1-6-11-15(12-7-2)16-13-14-17(20-8-3)19(22-10-5)18(16)21-9-4/h1,13-15H,7-12H2,2-5H3. The maximum Gasteiger partial charge on any atom is 0.203 e. The first-order valence-electron chi connectivity index (χ1n) is 8.21. The van der Waals surface area contributed by atoms with Gasteiger partial charge in [-0.25, -0.2) is 0 Å². The van der Waals surface area contributed by atoms with Crippen LogP contribution in [0.5, 0.6) is 17.2 Å². The Kier molecular flexibility index (Phi) is 8.28. The van der Waals surface area contributed by atoms with Gasteiger partial charge in [-0.15, -0.1) is 12.3 Å². The number of benzene rings is 1. The minimum absolute atomic E-state index is 0.284. The summed E-state index contributed by atoms with van der Waals surface area (Å²) in [6, 6.07) is 4.03. The van der Waals surface area contributed by atoms with Gasteiger partial charge in [-0.05, 0) is 39.2 Å². The molecule has 0 aromatic heterocycles. The third-order valence-electron chi connectivity index (χ3n) is 3.42. The average Bonchev–Trinajstić information content (AvgIpc) is 2.51. The molecule has 1 aromatic rings. The summed E-state index contributed by atoms with van der Waals surface area (Å²) in [7, 11) is 0. The van der Waals surface area contributed by atoms with Gasteiger partial charge in [-0.3, -0.25) is 0 Å². The van der Waals surface area contributed by atoms with Gasteiger partial charge in [0.2, 0.25) is 5.75 Å². The summed E-state index contributed by atoms with van der Waals surface area (Å²) in [6.45, 7) is 9.80. The molecule has 0 aliphatic rings. The van der Waals surface area contributed by atoms with Crippen LogP contribution in [0.1, 0.15) is 58.4 Å². The van der Waals surface area contributed by atoms with Gasteiger partial charge in [0.25, 0.3) is 0 Å². The Morgan fingerprint density at radius 3 is 2.14 bits per heavy atom. The van der Waals surface area contributed by atoms with Crippen molar-refractivity contribution in [1.29, 1.82) is 0 Å². The molecular weight excluding hydrogens is 276 g/mol. The smallest absolute Gasteiger partial charge is 0.203 e. The molecule has 0 aliphatic heterocycles. The average molecular weight is 304 g/mol. The Labute approximate surface area is 135 Å². The summed E-state index contributed by atoms with van der Waals surface area (Å²) in [4.78, 5) is 0. The van der Waals surface area contributed by atoms with Crippen molar-refractivity contribution in [1.82, 2.24) is 0 Å². The number of hydrogen-bond acceptors (Lipinski definition) is 3. The quantitative estimate of drug-likeness (QED) is 0.582. The van der Waals surface area contributed by atoms with Gasteiger partial charge in [0.05, 0.1) is 19.8 Å². The first-order chi connectivity index (χ1) is 10.7.